The summed E-state index contributed by atoms with van der Waals surface area (Å²) in [6.45, 7) is 6.15. The lowest BCUT2D eigenvalue weighted by molar-refractivity contribution is -0.140. The molecule has 0 unspecified atom stereocenters. The molecular weight excluding hydrogens is 304 g/mol. The Morgan fingerprint density at radius 2 is 2.08 bits per heavy atom. The summed E-state index contributed by atoms with van der Waals surface area (Å²) in [6.07, 6.45) is 4.86. The maximum atomic E-state index is 12.7. The highest BCUT2D eigenvalue weighted by Crippen LogP contribution is 2.24. The molecule has 0 radical (unpaired) electrons. The minimum atomic E-state index is -0.153. The normalized spacial score (nSPS) is 22.3. The lowest BCUT2D eigenvalue weighted by atomic mass is 10.1. The molecular formula is C18H28N4O2. The Morgan fingerprint density at radius 1 is 1.33 bits per heavy atom. The van der Waals surface area contributed by atoms with Gasteiger partial charge in [0, 0.05) is 18.3 Å². The third-order valence-corrected chi connectivity index (χ3v) is 5.07. The van der Waals surface area contributed by atoms with Gasteiger partial charge in [0.15, 0.2) is 0 Å². The fraction of sp³-hybridized carbons (Fsp3) is 0.722. The van der Waals surface area contributed by atoms with Gasteiger partial charge in [-0.3, -0.25) is 9.69 Å². The van der Waals surface area contributed by atoms with Crippen LogP contribution in [0, 0.1) is 13.8 Å². The second kappa shape index (κ2) is 7.57. The van der Waals surface area contributed by atoms with Gasteiger partial charge in [0.1, 0.15) is 11.9 Å². The summed E-state index contributed by atoms with van der Waals surface area (Å²) in [6, 6.07) is 2.52. The molecule has 1 atom stereocenters. The Bertz CT molecular complexity index is 566. The number of morpholine rings is 1. The highest BCUT2D eigenvalue weighted by atomic mass is 16.5. The lowest BCUT2D eigenvalue weighted by Gasteiger charge is -2.34. The van der Waals surface area contributed by atoms with Gasteiger partial charge < -0.3 is 9.64 Å². The fourth-order valence-corrected chi connectivity index (χ4v) is 3.75. The molecule has 3 rings (SSSR count). The van der Waals surface area contributed by atoms with E-state index in [1.807, 2.05) is 24.8 Å². The standard InChI is InChI=1S/C18H28N4O2/c1-13-10-16(20-14(2)19-13)17-11-22(8-9-24-17)18(23)12-21(3)15-6-4-5-7-15/h10,15,17H,4-9,11-12H2,1-3H3/t17-/m0/s1. The van der Waals surface area contributed by atoms with Crippen molar-refractivity contribution in [3.63, 3.8) is 0 Å². The molecule has 132 valence electrons. The van der Waals surface area contributed by atoms with Gasteiger partial charge in [0.25, 0.3) is 0 Å². The summed E-state index contributed by atoms with van der Waals surface area (Å²) < 4.78 is 5.86. The molecule has 1 saturated carbocycles. The summed E-state index contributed by atoms with van der Waals surface area (Å²) in [5.74, 6) is 0.943. The molecule has 2 aliphatic rings. The molecule has 1 amide bonds. The largest absolute Gasteiger partial charge is 0.368 e. The van der Waals surface area contributed by atoms with E-state index in [1.54, 1.807) is 0 Å². The number of nitrogens with zero attached hydrogens (tertiary/aromatic N) is 4. The number of hydrogen-bond donors (Lipinski definition) is 0. The van der Waals surface area contributed by atoms with Crippen molar-refractivity contribution < 1.29 is 9.53 Å². The average Bonchev–Trinajstić information content (AvgIpc) is 3.08. The van der Waals surface area contributed by atoms with E-state index < -0.39 is 0 Å². The first-order valence-electron chi connectivity index (χ1n) is 8.94. The first-order valence-corrected chi connectivity index (χ1v) is 8.94. The van der Waals surface area contributed by atoms with Crippen LogP contribution in [0.15, 0.2) is 6.07 Å². The van der Waals surface area contributed by atoms with E-state index in [-0.39, 0.29) is 12.0 Å². The number of aryl methyl sites for hydroxylation is 2. The van der Waals surface area contributed by atoms with E-state index in [4.69, 9.17) is 4.74 Å². The van der Waals surface area contributed by atoms with Crippen LogP contribution in [0.3, 0.4) is 0 Å². The van der Waals surface area contributed by atoms with Crippen LogP contribution in [0.1, 0.15) is 49.0 Å². The molecule has 6 heteroatoms. The molecule has 1 aromatic rings. The van der Waals surface area contributed by atoms with Crippen LogP contribution in [0.5, 0.6) is 0 Å². The van der Waals surface area contributed by atoms with Gasteiger partial charge in [-0.05, 0) is 39.8 Å². The van der Waals surface area contributed by atoms with E-state index in [9.17, 15) is 4.79 Å². The van der Waals surface area contributed by atoms with Crippen LogP contribution < -0.4 is 0 Å². The van der Waals surface area contributed by atoms with Gasteiger partial charge >= 0.3 is 0 Å². The van der Waals surface area contributed by atoms with Crippen LogP contribution in [-0.4, -0.2) is 65.0 Å². The first kappa shape index (κ1) is 17.3. The van der Waals surface area contributed by atoms with Crippen LogP contribution in [-0.2, 0) is 9.53 Å². The molecule has 1 saturated heterocycles. The SMILES string of the molecule is Cc1cc([C@@H]2CN(C(=O)CN(C)C3CCCC3)CCO2)nc(C)n1. The predicted molar refractivity (Wildman–Crippen MR) is 91.7 cm³/mol. The maximum Gasteiger partial charge on any atom is 0.236 e. The van der Waals surface area contributed by atoms with Crippen LogP contribution in [0.25, 0.3) is 0 Å². The molecule has 1 aromatic heterocycles. The second-order valence-corrected chi connectivity index (χ2v) is 7.03. The zero-order valence-electron chi connectivity index (χ0n) is 15.0. The first-order chi connectivity index (χ1) is 11.5. The van der Waals surface area contributed by atoms with Crippen molar-refractivity contribution in [3.05, 3.63) is 23.3 Å². The predicted octanol–water partition coefficient (Wildman–Crippen LogP) is 1.87. The highest BCUT2D eigenvalue weighted by Gasteiger charge is 2.29. The quantitative estimate of drug-likeness (QED) is 0.842. The molecule has 1 aliphatic heterocycles. The maximum absolute atomic E-state index is 12.7. The number of carbonyl (C=O) groups is 1. The molecule has 0 aromatic carbocycles. The van der Waals surface area contributed by atoms with E-state index in [1.165, 1.54) is 25.7 Å². The zero-order chi connectivity index (χ0) is 17.1. The van der Waals surface area contributed by atoms with E-state index in [0.29, 0.717) is 32.3 Å². The number of amides is 1. The molecule has 1 aliphatic carbocycles. The van der Waals surface area contributed by atoms with Crippen molar-refractivity contribution >= 4 is 5.91 Å². The molecule has 24 heavy (non-hydrogen) atoms. The van der Waals surface area contributed by atoms with Gasteiger partial charge in [-0.15, -0.1) is 0 Å². The van der Waals surface area contributed by atoms with Crippen molar-refractivity contribution in [2.75, 3.05) is 33.3 Å². The number of carbonyl (C=O) groups excluding carboxylic acids is 1. The van der Waals surface area contributed by atoms with Crippen LogP contribution >= 0.6 is 0 Å². The zero-order valence-corrected chi connectivity index (χ0v) is 15.0. The van der Waals surface area contributed by atoms with Gasteiger partial charge in [-0.1, -0.05) is 12.8 Å². The van der Waals surface area contributed by atoms with Gasteiger partial charge in [0.2, 0.25) is 5.91 Å². The fourth-order valence-electron chi connectivity index (χ4n) is 3.75. The van der Waals surface area contributed by atoms with Gasteiger partial charge in [0.05, 0.1) is 25.4 Å². The second-order valence-electron chi connectivity index (χ2n) is 7.03. The Kier molecular flexibility index (Phi) is 5.46. The Labute approximate surface area is 144 Å². The van der Waals surface area contributed by atoms with Crippen molar-refractivity contribution in [3.8, 4) is 0 Å². The van der Waals surface area contributed by atoms with Crippen molar-refractivity contribution in [1.29, 1.82) is 0 Å². The Hall–Kier alpha value is -1.53. The molecule has 0 bridgehead atoms. The molecule has 0 N–H and O–H groups in total. The number of rotatable bonds is 4. The molecule has 2 fully saturated rings. The third-order valence-electron chi connectivity index (χ3n) is 5.07. The summed E-state index contributed by atoms with van der Waals surface area (Å²) >= 11 is 0. The topological polar surface area (TPSA) is 58.6 Å². The Morgan fingerprint density at radius 3 is 2.79 bits per heavy atom. The summed E-state index contributed by atoms with van der Waals surface area (Å²) in [5, 5.41) is 0. The number of hydrogen-bond acceptors (Lipinski definition) is 5. The minimum Gasteiger partial charge on any atom is -0.368 e. The van der Waals surface area contributed by atoms with Crippen LogP contribution in [0.4, 0.5) is 0 Å². The van der Waals surface area contributed by atoms with E-state index in [2.05, 4.69) is 21.9 Å². The highest BCUT2D eigenvalue weighted by molar-refractivity contribution is 5.78. The number of ether oxygens (including phenoxy) is 1. The number of likely N-dealkylation sites (N-methyl/N-ethyl adjacent to an activating group) is 1. The van der Waals surface area contributed by atoms with Crippen molar-refractivity contribution in [2.45, 2.75) is 51.7 Å². The minimum absolute atomic E-state index is 0.153. The average molecular weight is 332 g/mol. The summed E-state index contributed by atoms with van der Waals surface area (Å²) in [7, 11) is 2.07. The molecule has 2 heterocycles. The van der Waals surface area contributed by atoms with Gasteiger partial charge in [-0.25, -0.2) is 9.97 Å². The van der Waals surface area contributed by atoms with Crippen molar-refractivity contribution in [2.24, 2.45) is 0 Å². The van der Waals surface area contributed by atoms with Gasteiger partial charge in [-0.2, -0.15) is 0 Å². The smallest absolute Gasteiger partial charge is 0.236 e. The summed E-state index contributed by atoms with van der Waals surface area (Å²) in [5.41, 5.74) is 1.81. The number of aromatic nitrogens is 2. The molecule has 6 nitrogen and oxygen atoms in total. The molecule has 0 spiro atoms. The van der Waals surface area contributed by atoms with Crippen LogP contribution in [0.2, 0.25) is 0 Å². The van der Waals surface area contributed by atoms with Crippen molar-refractivity contribution in [1.82, 2.24) is 19.8 Å². The Balaban J connectivity index is 1.61. The van der Waals surface area contributed by atoms with E-state index in [0.717, 1.165) is 17.2 Å². The summed E-state index contributed by atoms with van der Waals surface area (Å²) in [4.78, 5) is 25.6. The van der Waals surface area contributed by atoms with E-state index >= 15 is 0 Å². The third kappa shape index (κ3) is 4.11. The monoisotopic (exact) mass is 332 g/mol. The lowest BCUT2D eigenvalue weighted by Crippen LogP contribution is -2.47.